The highest BCUT2D eigenvalue weighted by Crippen LogP contribution is 2.02. The van der Waals surface area contributed by atoms with Crippen LogP contribution in [-0.2, 0) is 9.59 Å². The number of rotatable bonds is 7. The van der Waals surface area contributed by atoms with Crippen LogP contribution in [-0.4, -0.2) is 47.8 Å². The zero-order valence-corrected chi connectivity index (χ0v) is 8.99. The molecule has 6 nitrogen and oxygen atoms in total. The van der Waals surface area contributed by atoms with Crippen LogP contribution in [0.4, 0.5) is 0 Å². The van der Waals surface area contributed by atoms with Crippen LogP contribution >= 0.6 is 0 Å². The summed E-state index contributed by atoms with van der Waals surface area (Å²) >= 11 is 0. The lowest BCUT2D eigenvalue weighted by Gasteiger charge is -2.20. The summed E-state index contributed by atoms with van der Waals surface area (Å²) in [5.74, 6) is -1.79. The molecule has 0 saturated carbocycles. The standard InChI is InChI=1S/C9H18N2O4/c1-3-4-6(10-2)8(14)9(15)11-5-7(12)13/h6,8,10,14H,3-5H2,1-2H3,(H,11,15)(H,12,13). The summed E-state index contributed by atoms with van der Waals surface area (Å²) in [5, 5.41) is 22.8. The smallest absolute Gasteiger partial charge is 0.322 e. The van der Waals surface area contributed by atoms with Crippen molar-refractivity contribution in [2.75, 3.05) is 13.6 Å². The van der Waals surface area contributed by atoms with Gasteiger partial charge in [0.05, 0.1) is 0 Å². The topological polar surface area (TPSA) is 98.7 Å². The zero-order chi connectivity index (χ0) is 11.8. The fourth-order valence-corrected chi connectivity index (χ4v) is 1.22. The van der Waals surface area contributed by atoms with Crippen LogP contribution in [0.2, 0.25) is 0 Å². The average Bonchev–Trinajstić information content (AvgIpc) is 2.21. The molecule has 6 heteroatoms. The third-order valence-corrected chi connectivity index (χ3v) is 2.03. The van der Waals surface area contributed by atoms with Gasteiger partial charge in [-0.3, -0.25) is 9.59 Å². The molecule has 0 rings (SSSR count). The Labute approximate surface area is 88.7 Å². The predicted molar refractivity (Wildman–Crippen MR) is 54.4 cm³/mol. The summed E-state index contributed by atoms with van der Waals surface area (Å²) in [7, 11) is 1.65. The van der Waals surface area contributed by atoms with E-state index in [1.807, 2.05) is 6.92 Å². The molecular formula is C9H18N2O4. The molecule has 0 aromatic carbocycles. The van der Waals surface area contributed by atoms with E-state index in [9.17, 15) is 14.7 Å². The molecule has 0 saturated heterocycles. The Bertz CT molecular complexity index is 220. The number of carbonyl (C=O) groups excluding carboxylic acids is 1. The number of hydrogen-bond acceptors (Lipinski definition) is 4. The number of aliphatic hydroxyl groups excluding tert-OH is 1. The van der Waals surface area contributed by atoms with E-state index >= 15 is 0 Å². The number of likely N-dealkylation sites (N-methyl/N-ethyl adjacent to an activating group) is 1. The molecule has 0 aliphatic rings. The number of carbonyl (C=O) groups is 2. The Morgan fingerprint density at radius 1 is 1.40 bits per heavy atom. The molecule has 0 radical (unpaired) electrons. The molecule has 0 aromatic rings. The maximum atomic E-state index is 11.3. The van der Waals surface area contributed by atoms with Crippen LogP contribution in [0.25, 0.3) is 0 Å². The van der Waals surface area contributed by atoms with E-state index in [1.165, 1.54) is 0 Å². The van der Waals surface area contributed by atoms with Gasteiger partial charge in [0.15, 0.2) is 0 Å². The molecule has 1 amide bonds. The van der Waals surface area contributed by atoms with Crippen molar-refractivity contribution >= 4 is 11.9 Å². The number of aliphatic carboxylic acids is 1. The third-order valence-electron chi connectivity index (χ3n) is 2.03. The Balaban J connectivity index is 4.09. The summed E-state index contributed by atoms with van der Waals surface area (Å²) in [5.41, 5.74) is 0. The van der Waals surface area contributed by atoms with Crippen molar-refractivity contribution in [3.05, 3.63) is 0 Å². The number of amides is 1. The van der Waals surface area contributed by atoms with Crippen LogP contribution < -0.4 is 10.6 Å². The number of nitrogens with one attached hydrogen (secondary N) is 2. The van der Waals surface area contributed by atoms with Crippen LogP contribution in [0.3, 0.4) is 0 Å². The van der Waals surface area contributed by atoms with E-state index in [4.69, 9.17) is 5.11 Å². The Hall–Kier alpha value is -1.14. The first-order valence-corrected chi connectivity index (χ1v) is 4.87. The lowest BCUT2D eigenvalue weighted by atomic mass is 10.1. The first kappa shape index (κ1) is 13.9. The minimum Gasteiger partial charge on any atom is -0.480 e. The highest BCUT2D eigenvalue weighted by Gasteiger charge is 2.23. The second kappa shape index (κ2) is 7.19. The first-order valence-electron chi connectivity index (χ1n) is 4.87. The summed E-state index contributed by atoms with van der Waals surface area (Å²) in [6.45, 7) is 1.46. The molecule has 0 fully saturated rings. The number of carboxylic acid groups (broad SMARTS) is 1. The van der Waals surface area contributed by atoms with Crippen molar-refractivity contribution in [2.24, 2.45) is 0 Å². The Kier molecular flexibility index (Phi) is 6.64. The van der Waals surface area contributed by atoms with Crippen molar-refractivity contribution in [3.8, 4) is 0 Å². The molecule has 0 bridgehead atoms. The Morgan fingerprint density at radius 2 is 2.00 bits per heavy atom. The highest BCUT2D eigenvalue weighted by atomic mass is 16.4. The van der Waals surface area contributed by atoms with Gasteiger partial charge in [-0.2, -0.15) is 0 Å². The van der Waals surface area contributed by atoms with Gasteiger partial charge in [-0.25, -0.2) is 0 Å². The van der Waals surface area contributed by atoms with Crippen LogP contribution in [0, 0.1) is 0 Å². The van der Waals surface area contributed by atoms with Gasteiger partial charge < -0.3 is 20.8 Å². The van der Waals surface area contributed by atoms with E-state index in [2.05, 4.69) is 10.6 Å². The molecule has 4 N–H and O–H groups in total. The lowest BCUT2D eigenvalue weighted by Crippen LogP contribution is -2.48. The summed E-state index contributed by atoms with van der Waals surface area (Å²) in [4.78, 5) is 21.4. The van der Waals surface area contributed by atoms with Crippen LogP contribution in [0.15, 0.2) is 0 Å². The van der Waals surface area contributed by atoms with Crippen molar-refractivity contribution < 1.29 is 19.8 Å². The fraction of sp³-hybridized carbons (Fsp3) is 0.778. The lowest BCUT2D eigenvalue weighted by molar-refractivity contribution is -0.140. The minimum atomic E-state index is -1.21. The van der Waals surface area contributed by atoms with Gasteiger partial charge in [0, 0.05) is 6.04 Å². The van der Waals surface area contributed by atoms with Gasteiger partial charge in [0.2, 0.25) is 0 Å². The first-order chi connectivity index (χ1) is 7.02. The van der Waals surface area contributed by atoms with E-state index in [-0.39, 0.29) is 6.04 Å². The zero-order valence-electron chi connectivity index (χ0n) is 8.99. The molecule has 0 heterocycles. The van der Waals surface area contributed by atoms with Gasteiger partial charge in [-0.05, 0) is 13.5 Å². The maximum absolute atomic E-state index is 11.3. The Morgan fingerprint density at radius 3 is 2.40 bits per heavy atom. The van der Waals surface area contributed by atoms with Gasteiger partial charge in [-0.1, -0.05) is 13.3 Å². The second-order valence-electron chi connectivity index (χ2n) is 3.24. The fourth-order valence-electron chi connectivity index (χ4n) is 1.22. The van der Waals surface area contributed by atoms with Crippen molar-refractivity contribution in [1.82, 2.24) is 10.6 Å². The summed E-state index contributed by atoms with van der Waals surface area (Å²) in [6, 6.07) is -0.344. The van der Waals surface area contributed by atoms with Crippen molar-refractivity contribution in [1.29, 1.82) is 0 Å². The van der Waals surface area contributed by atoms with E-state index < -0.39 is 24.5 Å². The molecule has 88 valence electrons. The van der Waals surface area contributed by atoms with Crippen LogP contribution in [0.1, 0.15) is 19.8 Å². The van der Waals surface area contributed by atoms with Gasteiger partial charge in [0.25, 0.3) is 5.91 Å². The van der Waals surface area contributed by atoms with Gasteiger partial charge >= 0.3 is 5.97 Å². The van der Waals surface area contributed by atoms with E-state index in [0.29, 0.717) is 6.42 Å². The van der Waals surface area contributed by atoms with Crippen LogP contribution in [0.5, 0.6) is 0 Å². The third kappa shape index (κ3) is 5.34. The van der Waals surface area contributed by atoms with E-state index in [1.54, 1.807) is 7.05 Å². The number of aliphatic hydroxyl groups is 1. The average molecular weight is 218 g/mol. The number of hydrogen-bond donors (Lipinski definition) is 4. The van der Waals surface area contributed by atoms with Gasteiger partial charge in [0.1, 0.15) is 12.6 Å². The molecule has 0 aromatic heterocycles. The second-order valence-corrected chi connectivity index (χ2v) is 3.24. The molecule has 2 atom stereocenters. The molecule has 0 aliphatic carbocycles. The summed E-state index contributed by atoms with van der Waals surface area (Å²) < 4.78 is 0. The number of carboxylic acids is 1. The molecule has 0 spiro atoms. The van der Waals surface area contributed by atoms with Crippen molar-refractivity contribution in [3.63, 3.8) is 0 Å². The van der Waals surface area contributed by atoms with Crippen molar-refractivity contribution in [2.45, 2.75) is 31.9 Å². The predicted octanol–water partition coefficient (Wildman–Crippen LogP) is -1.06. The molecular weight excluding hydrogens is 200 g/mol. The SMILES string of the molecule is CCCC(NC)C(O)C(=O)NCC(=O)O. The largest absolute Gasteiger partial charge is 0.480 e. The normalized spacial score (nSPS) is 14.3. The van der Waals surface area contributed by atoms with E-state index in [0.717, 1.165) is 6.42 Å². The molecule has 2 unspecified atom stereocenters. The molecule has 15 heavy (non-hydrogen) atoms. The molecule has 0 aliphatic heterocycles. The monoisotopic (exact) mass is 218 g/mol. The van der Waals surface area contributed by atoms with Gasteiger partial charge in [-0.15, -0.1) is 0 Å². The quantitative estimate of drug-likeness (QED) is 0.436. The summed E-state index contributed by atoms with van der Waals surface area (Å²) in [6.07, 6.45) is 0.265. The highest BCUT2D eigenvalue weighted by molar-refractivity contribution is 5.84. The maximum Gasteiger partial charge on any atom is 0.322 e. The minimum absolute atomic E-state index is 0.344.